The molecule has 0 aliphatic rings. The molecule has 5 heteroatoms. The Morgan fingerprint density at radius 1 is 1.29 bits per heavy atom. The monoisotopic (exact) mass is 230 g/mol. The third-order valence-corrected chi connectivity index (χ3v) is 2.54. The van der Waals surface area contributed by atoms with E-state index >= 15 is 0 Å². The molecule has 0 saturated carbocycles. The zero-order valence-electron chi connectivity index (χ0n) is 9.63. The molecule has 0 saturated heterocycles. The van der Waals surface area contributed by atoms with E-state index in [0.29, 0.717) is 5.82 Å². The molecule has 0 spiro atoms. The highest BCUT2D eigenvalue weighted by Gasteiger charge is 2.06. The number of H-pyrrole nitrogens is 1. The summed E-state index contributed by atoms with van der Waals surface area (Å²) in [6.45, 7) is 0.740. The normalized spacial score (nSPS) is 10.2. The number of hydrogen-bond donors (Lipinski definition) is 1. The maximum absolute atomic E-state index is 11.5. The van der Waals surface area contributed by atoms with Gasteiger partial charge in [-0.1, -0.05) is 0 Å². The fourth-order valence-electron chi connectivity index (χ4n) is 1.57. The quantitative estimate of drug-likeness (QED) is 0.845. The molecule has 0 amide bonds. The molecule has 17 heavy (non-hydrogen) atoms. The number of hydrogen-bond acceptors (Lipinski definition) is 4. The molecule has 2 heterocycles. The van der Waals surface area contributed by atoms with Gasteiger partial charge in [-0.2, -0.15) is 0 Å². The molecule has 0 aliphatic carbocycles. The number of nitrogens with zero attached hydrogens (tertiary/aromatic N) is 3. The Labute approximate surface area is 99.2 Å². The number of anilines is 1. The van der Waals surface area contributed by atoms with E-state index in [1.165, 1.54) is 11.8 Å². The summed E-state index contributed by atoms with van der Waals surface area (Å²) in [5.74, 6) is 0.446. The summed E-state index contributed by atoms with van der Waals surface area (Å²) < 4.78 is 0. The minimum Gasteiger partial charge on any atom is -0.355 e. The molecule has 1 N–H and O–H groups in total. The summed E-state index contributed by atoms with van der Waals surface area (Å²) in [7, 11) is 1.86. The summed E-state index contributed by atoms with van der Waals surface area (Å²) in [6.07, 6.45) is 7.50. The van der Waals surface area contributed by atoms with Crippen molar-refractivity contribution in [2.75, 3.05) is 18.5 Å². The highest BCUT2D eigenvalue weighted by molar-refractivity contribution is 5.34. The second kappa shape index (κ2) is 5.25. The van der Waals surface area contributed by atoms with Crippen molar-refractivity contribution in [3.63, 3.8) is 0 Å². The highest BCUT2D eigenvalue weighted by Crippen LogP contribution is 2.03. The standard InChI is InChI=1S/C12H14N4O/c1-16(11-12(17)15-8-7-14-11)9-4-10-2-5-13-6-3-10/h2-3,5-8H,4,9H2,1H3,(H,15,17). The molecule has 88 valence electrons. The van der Waals surface area contributed by atoms with Gasteiger partial charge in [0.05, 0.1) is 0 Å². The van der Waals surface area contributed by atoms with Crippen molar-refractivity contribution in [1.82, 2.24) is 15.0 Å². The van der Waals surface area contributed by atoms with Crippen LogP contribution in [0, 0.1) is 0 Å². The molecule has 0 aliphatic heterocycles. The van der Waals surface area contributed by atoms with E-state index in [4.69, 9.17) is 0 Å². The Bertz CT molecular complexity index is 523. The van der Waals surface area contributed by atoms with Crippen LogP contribution in [0.1, 0.15) is 5.56 Å². The van der Waals surface area contributed by atoms with E-state index in [0.717, 1.165) is 13.0 Å². The zero-order valence-corrected chi connectivity index (χ0v) is 9.63. The largest absolute Gasteiger partial charge is 0.355 e. The number of rotatable bonds is 4. The fourth-order valence-corrected chi connectivity index (χ4v) is 1.57. The second-order valence-corrected chi connectivity index (χ2v) is 3.77. The molecular formula is C12H14N4O. The van der Waals surface area contributed by atoms with E-state index in [9.17, 15) is 4.79 Å². The van der Waals surface area contributed by atoms with Crippen LogP contribution >= 0.6 is 0 Å². The Kier molecular flexibility index (Phi) is 3.49. The average molecular weight is 230 g/mol. The molecule has 0 aromatic carbocycles. The molecule has 0 radical (unpaired) electrons. The first-order valence-corrected chi connectivity index (χ1v) is 5.41. The van der Waals surface area contributed by atoms with Crippen LogP contribution in [0.4, 0.5) is 5.82 Å². The van der Waals surface area contributed by atoms with Crippen LogP contribution in [0.15, 0.2) is 41.7 Å². The third kappa shape index (κ3) is 2.90. The Balaban J connectivity index is 2.01. The van der Waals surface area contributed by atoms with Crippen LogP contribution in [-0.4, -0.2) is 28.5 Å². The second-order valence-electron chi connectivity index (χ2n) is 3.77. The maximum Gasteiger partial charge on any atom is 0.290 e. The molecule has 5 nitrogen and oxygen atoms in total. The molecule has 0 fully saturated rings. The molecule has 2 rings (SSSR count). The van der Waals surface area contributed by atoms with Gasteiger partial charge < -0.3 is 9.88 Å². The van der Waals surface area contributed by atoms with Crippen molar-refractivity contribution in [2.24, 2.45) is 0 Å². The van der Waals surface area contributed by atoms with Crippen LogP contribution in [0.3, 0.4) is 0 Å². The lowest BCUT2D eigenvalue weighted by atomic mass is 10.2. The summed E-state index contributed by atoms with van der Waals surface area (Å²) in [4.78, 5) is 24.0. The summed E-state index contributed by atoms with van der Waals surface area (Å²) in [5, 5.41) is 0. The van der Waals surface area contributed by atoms with Gasteiger partial charge >= 0.3 is 0 Å². The summed E-state index contributed by atoms with van der Waals surface area (Å²) in [6, 6.07) is 3.94. The van der Waals surface area contributed by atoms with Crippen molar-refractivity contribution in [2.45, 2.75) is 6.42 Å². The SMILES string of the molecule is CN(CCc1ccncc1)c1ncc[nH]c1=O. The predicted octanol–water partition coefficient (Wildman–Crippen LogP) is 0.844. The molecular weight excluding hydrogens is 216 g/mol. The van der Waals surface area contributed by atoms with Crippen molar-refractivity contribution in [1.29, 1.82) is 0 Å². The number of aromatic amines is 1. The van der Waals surface area contributed by atoms with E-state index in [2.05, 4.69) is 15.0 Å². The van der Waals surface area contributed by atoms with Crippen molar-refractivity contribution in [3.05, 3.63) is 52.8 Å². The summed E-state index contributed by atoms with van der Waals surface area (Å²) in [5.41, 5.74) is 1.03. The lowest BCUT2D eigenvalue weighted by Crippen LogP contribution is -2.28. The van der Waals surface area contributed by atoms with E-state index in [-0.39, 0.29) is 5.56 Å². The van der Waals surface area contributed by atoms with Crippen molar-refractivity contribution >= 4 is 5.82 Å². The zero-order chi connectivity index (χ0) is 12.1. The van der Waals surface area contributed by atoms with Crippen LogP contribution in [0.2, 0.25) is 0 Å². The third-order valence-electron chi connectivity index (χ3n) is 2.54. The lowest BCUT2D eigenvalue weighted by molar-refractivity contribution is 0.846. The first-order valence-electron chi connectivity index (χ1n) is 5.41. The van der Waals surface area contributed by atoms with Crippen LogP contribution < -0.4 is 10.5 Å². The van der Waals surface area contributed by atoms with Gasteiger partial charge in [-0.25, -0.2) is 4.98 Å². The molecule has 0 atom stereocenters. The van der Waals surface area contributed by atoms with E-state index < -0.39 is 0 Å². The number of nitrogens with one attached hydrogen (secondary N) is 1. The number of aromatic nitrogens is 3. The molecule has 0 bridgehead atoms. The topological polar surface area (TPSA) is 61.9 Å². The minimum absolute atomic E-state index is 0.162. The predicted molar refractivity (Wildman–Crippen MR) is 66.1 cm³/mol. The van der Waals surface area contributed by atoms with Crippen LogP contribution in [0.5, 0.6) is 0 Å². The number of pyridine rings is 1. The van der Waals surface area contributed by atoms with Crippen LogP contribution in [0.25, 0.3) is 0 Å². The van der Waals surface area contributed by atoms with Gasteiger partial charge in [0.15, 0.2) is 5.82 Å². The lowest BCUT2D eigenvalue weighted by Gasteiger charge is -2.16. The Morgan fingerprint density at radius 2 is 2.06 bits per heavy atom. The van der Waals surface area contributed by atoms with Gasteiger partial charge in [0.2, 0.25) is 0 Å². The summed E-state index contributed by atoms with van der Waals surface area (Å²) >= 11 is 0. The highest BCUT2D eigenvalue weighted by atomic mass is 16.1. The molecule has 2 aromatic heterocycles. The van der Waals surface area contributed by atoms with E-state index in [1.807, 2.05) is 24.1 Å². The first-order chi connectivity index (χ1) is 8.27. The molecule has 0 unspecified atom stereocenters. The van der Waals surface area contributed by atoms with E-state index in [1.54, 1.807) is 18.6 Å². The van der Waals surface area contributed by atoms with Crippen LogP contribution in [-0.2, 0) is 6.42 Å². The molecule has 2 aromatic rings. The van der Waals surface area contributed by atoms with Gasteiger partial charge in [0.25, 0.3) is 5.56 Å². The Hall–Kier alpha value is -2.17. The average Bonchev–Trinajstić information content (AvgIpc) is 2.38. The van der Waals surface area contributed by atoms with Gasteiger partial charge in [-0.3, -0.25) is 9.78 Å². The van der Waals surface area contributed by atoms with Crippen molar-refractivity contribution in [3.8, 4) is 0 Å². The Morgan fingerprint density at radius 3 is 2.76 bits per heavy atom. The van der Waals surface area contributed by atoms with Gasteiger partial charge in [-0.15, -0.1) is 0 Å². The smallest absolute Gasteiger partial charge is 0.290 e. The van der Waals surface area contributed by atoms with Gasteiger partial charge in [0, 0.05) is 38.4 Å². The van der Waals surface area contributed by atoms with Gasteiger partial charge in [-0.05, 0) is 24.1 Å². The minimum atomic E-state index is -0.162. The first kappa shape index (κ1) is 11.3. The maximum atomic E-state index is 11.5. The number of likely N-dealkylation sites (N-methyl/N-ethyl adjacent to an activating group) is 1. The fraction of sp³-hybridized carbons (Fsp3) is 0.250. The van der Waals surface area contributed by atoms with Crippen molar-refractivity contribution < 1.29 is 0 Å². The van der Waals surface area contributed by atoms with Gasteiger partial charge in [0.1, 0.15) is 0 Å².